The number of carbonyl (C=O) groups is 1. The van der Waals surface area contributed by atoms with E-state index < -0.39 is 5.97 Å². The van der Waals surface area contributed by atoms with Gasteiger partial charge in [-0.1, -0.05) is 29.8 Å². The third-order valence-electron chi connectivity index (χ3n) is 2.54. The third kappa shape index (κ3) is 3.42. The van der Waals surface area contributed by atoms with Crippen molar-refractivity contribution < 1.29 is 9.53 Å². The van der Waals surface area contributed by atoms with Crippen LogP contribution in [0.3, 0.4) is 0 Å². The smallest absolute Gasteiger partial charge is 0.338 e. The maximum absolute atomic E-state index is 11.9. The van der Waals surface area contributed by atoms with E-state index in [1.165, 1.54) is 7.11 Å². The molecule has 1 aromatic heterocycles. The second-order valence-electron chi connectivity index (χ2n) is 3.81. The summed E-state index contributed by atoms with van der Waals surface area (Å²) in [6.45, 7) is 0. The molecule has 3 nitrogen and oxygen atoms in total. The Hall–Kier alpha value is -2.13. The topological polar surface area (TPSA) is 39.2 Å². The highest BCUT2D eigenvalue weighted by molar-refractivity contribution is 6.30. The number of nitrogens with zero attached hydrogens (tertiary/aromatic N) is 1. The van der Waals surface area contributed by atoms with E-state index in [1.807, 2.05) is 18.2 Å². The largest absolute Gasteiger partial charge is 0.465 e. The fraction of sp³-hybridized carbons (Fsp3) is 0.0667. The quantitative estimate of drug-likeness (QED) is 0.635. The molecule has 0 aliphatic rings. The minimum Gasteiger partial charge on any atom is -0.465 e. The Kier molecular flexibility index (Phi) is 4.31. The molecule has 0 radical (unpaired) electrons. The molecule has 2 aromatic rings. The Labute approximate surface area is 116 Å². The Morgan fingerprint density at radius 3 is 2.53 bits per heavy atom. The van der Waals surface area contributed by atoms with Gasteiger partial charge in [0.25, 0.3) is 0 Å². The zero-order valence-corrected chi connectivity index (χ0v) is 11.1. The first-order chi connectivity index (χ1) is 9.20. The Balaban J connectivity index is 2.45. The lowest BCUT2D eigenvalue weighted by molar-refractivity contribution is -0.133. The van der Waals surface area contributed by atoms with Gasteiger partial charge in [-0.2, -0.15) is 0 Å². The lowest BCUT2D eigenvalue weighted by Gasteiger charge is -2.06. The van der Waals surface area contributed by atoms with Gasteiger partial charge in [0, 0.05) is 11.2 Å². The van der Waals surface area contributed by atoms with E-state index in [0.29, 0.717) is 16.3 Å². The highest BCUT2D eigenvalue weighted by atomic mass is 35.5. The normalized spacial score (nSPS) is 11.2. The van der Waals surface area contributed by atoms with E-state index >= 15 is 0 Å². The molecule has 0 aliphatic heterocycles. The van der Waals surface area contributed by atoms with Crippen molar-refractivity contribution in [3.8, 4) is 0 Å². The molecule has 0 fully saturated rings. The van der Waals surface area contributed by atoms with Crippen LogP contribution in [0.15, 0.2) is 48.7 Å². The Bertz CT molecular complexity index is 591. The van der Waals surface area contributed by atoms with Gasteiger partial charge in [-0.3, -0.25) is 4.98 Å². The lowest BCUT2D eigenvalue weighted by atomic mass is 10.0. The SMILES string of the molecule is COC(=O)/C(=C\c1ccccn1)c1ccc(Cl)cc1. The number of aromatic nitrogens is 1. The lowest BCUT2D eigenvalue weighted by Crippen LogP contribution is -2.04. The van der Waals surface area contributed by atoms with Crippen molar-refractivity contribution in [1.82, 2.24) is 4.98 Å². The summed E-state index contributed by atoms with van der Waals surface area (Å²) < 4.78 is 4.80. The van der Waals surface area contributed by atoms with Gasteiger partial charge in [-0.05, 0) is 35.9 Å². The molecule has 96 valence electrons. The van der Waals surface area contributed by atoms with Crippen molar-refractivity contribution >= 4 is 29.2 Å². The average Bonchev–Trinajstić information content (AvgIpc) is 2.46. The molecule has 4 heteroatoms. The number of benzene rings is 1. The second kappa shape index (κ2) is 6.16. The Morgan fingerprint density at radius 1 is 1.21 bits per heavy atom. The van der Waals surface area contributed by atoms with Gasteiger partial charge in [-0.15, -0.1) is 0 Å². The number of esters is 1. The molecule has 0 aliphatic carbocycles. The van der Waals surface area contributed by atoms with Crippen molar-refractivity contribution in [1.29, 1.82) is 0 Å². The summed E-state index contributed by atoms with van der Waals surface area (Å²) in [5, 5.41) is 0.616. The molecule has 2 rings (SSSR count). The second-order valence-corrected chi connectivity index (χ2v) is 4.25. The average molecular weight is 274 g/mol. The molecular formula is C15H12ClNO2. The van der Waals surface area contributed by atoms with E-state index in [2.05, 4.69) is 4.98 Å². The van der Waals surface area contributed by atoms with Gasteiger partial charge in [-0.25, -0.2) is 4.79 Å². The maximum atomic E-state index is 11.9. The summed E-state index contributed by atoms with van der Waals surface area (Å²) in [5.41, 5.74) is 1.87. The predicted molar refractivity (Wildman–Crippen MR) is 75.6 cm³/mol. The van der Waals surface area contributed by atoms with Crippen LogP contribution in [-0.2, 0) is 9.53 Å². The standard InChI is InChI=1S/C15H12ClNO2/c1-19-15(18)14(10-13-4-2-3-9-17-13)11-5-7-12(16)8-6-11/h2-10H,1H3/b14-10-. The molecule has 19 heavy (non-hydrogen) atoms. The summed E-state index contributed by atoms with van der Waals surface area (Å²) in [4.78, 5) is 16.0. The van der Waals surface area contributed by atoms with E-state index in [9.17, 15) is 4.79 Å². The van der Waals surface area contributed by atoms with E-state index in [1.54, 1.807) is 36.5 Å². The molecular weight excluding hydrogens is 262 g/mol. The minimum atomic E-state index is -0.409. The molecule has 0 saturated heterocycles. The first-order valence-electron chi connectivity index (χ1n) is 5.67. The fourth-order valence-corrected chi connectivity index (χ4v) is 1.73. The minimum absolute atomic E-state index is 0.409. The summed E-state index contributed by atoms with van der Waals surface area (Å²) >= 11 is 5.84. The van der Waals surface area contributed by atoms with Gasteiger partial charge in [0.05, 0.1) is 18.4 Å². The number of methoxy groups -OCH3 is 1. The van der Waals surface area contributed by atoms with Gasteiger partial charge < -0.3 is 4.74 Å². The van der Waals surface area contributed by atoms with Crippen molar-refractivity contribution in [2.75, 3.05) is 7.11 Å². The maximum Gasteiger partial charge on any atom is 0.338 e. The fourth-order valence-electron chi connectivity index (χ4n) is 1.61. The van der Waals surface area contributed by atoms with Crippen molar-refractivity contribution in [3.63, 3.8) is 0 Å². The van der Waals surface area contributed by atoms with Crippen LogP contribution in [0.1, 0.15) is 11.3 Å². The summed E-state index contributed by atoms with van der Waals surface area (Å²) in [5.74, 6) is -0.409. The van der Waals surface area contributed by atoms with Crippen LogP contribution < -0.4 is 0 Å². The molecule has 0 unspecified atom stereocenters. The molecule has 0 atom stereocenters. The van der Waals surface area contributed by atoms with Crippen LogP contribution in [-0.4, -0.2) is 18.1 Å². The number of ether oxygens (including phenoxy) is 1. The number of rotatable bonds is 3. The van der Waals surface area contributed by atoms with Crippen LogP contribution in [0.2, 0.25) is 5.02 Å². The van der Waals surface area contributed by atoms with E-state index in [0.717, 1.165) is 5.56 Å². The van der Waals surface area contributed by atoms with Crippen LogP contribution >= 0.6 is 11.6 Å². The van der Waals surface area contributed by atoms with Gasteiger partial charge in [0.2, 0.25) is 0 Å². The summed E-state index contributed by atoms with van der Waals surface area (Å²) in [6.07, 6.45) is 3.36. The number of halogens is 1. The van der Waals surface area contributed by atoms with Crippen LogP contribution in [0, 0.1) is 0 Å². The molecule has 0 N–H and O–H groups in total. The van der Waals surface area contributed by atoms with Crippen molar-refractivity contribution in [3.05, 3.63) is 64.9 Å². The van der Waals surface area contributed by atoms with E-state index in [4.69, 9.17) is 16.3 Å². The zero-order chi connectivity index (χ0) is 13.7. The monoisotopic (exact) mass is 273 g/mol. The predicted octanol–water partition coefficient (Wildman–Crippen LogP) is 3.45. The molecule has 1 aromatic carbocycles. The highest BCUT2D eigenvalue weighted by Gasteiger charge is 2.12. The Morgan fingerprint density at radius 2 is 1.95 bits per heavy atom. The molecule has 0 spiro atoms. The van der Waals surface area contributed by atoms with Gasteiger partial charge in [0.1, 0.15) is 0 Å². The molecule has 1 heterocycles. The number of hydrogen-bond donors (Lipinski definition) is 0. The third-order valence-corrected chi connectivity index (χ3v) is 2.79. The van der Waals surface area contributed by atoms with E-state index in [-0.39, 0.29) is 0 Å². The van der Waals surface area contributed by atoms with Crippen LogP contribution in [0.4, 0.5) is 0 Å². The number of pyridine rings is 1. The zero-order valence-electron chi connectivity index (χ0n) is 10.3. The molecule has 0 bridgehead atoms. The molecule has 0 saturated carbocycles. The van der Waals surface area contributed by atoms with Gasteiger partial charge >= 0.3 is 5.97 Å². The highest BCUT2D eigenvalue weighted by Crippen LogP contribution is 2.21. The van der Waals surface area contributed by atoms with Crippen LogP contribution in [0.5, 0.6) is 0 Å². The number of hydrogen-bond acceptors (Lipinski definition) is 3. The summed E-state index contributed by atoms with van der Waals surface area (Å²) in [6, 6.07) is 12.5. The first kappa shape index (κ1) is 13.3. The van der Waals surface area contributed by atoms with Gasteiger partial charge in [0.15, 0.2) is 0 Å². The van der Waals surface area contributed by atoms with Crippen molar-refractivity contribution in [2.45, 2.75) is 0 Å². The first-order valence-corrected chi connectivity index (χ1v) is 6.05. The van der Waals surface area contributed by atoms with Crippen LogP contribution in [0.25, 0.3) is 11.6 Å². The number of carbonyl (C=O) groups excluding carboxylic acids is 1. The van der Waals surface area contributed by atoms with Crippen molar-refractivity contribution in [2.24, 2.45) is 0 Å². The molecule has 0 amide bonds. The summed E-state index contributed by atoms with van der Waals surface area (Å²) in [7, 11) is 1.35.